The number of allylic oxidation sites excluding steroid dienone is 1. The first-order valence-electron chi connectivity index (χ1n) is 2.32. The molecule has 0 aliphatic carbocycles. The Hall–Kier alpha value is -0.0500. The van der Waals surface area contributed by atoms with Gasteiger partial charge < -0.3 is 4.84 Å². The van der Waals surface area contributed by atoms with Crippen molar-refractivity contribution in [3.63, 3.8) is 0 Å². The van der Waals surface area contributed by atoms with Gasteiger partial charge in [0.15, 0.2) is 0 Å². The van der Waals surface area contributed by atoms with Gasteiger partial charge in [-0.05, 0) is 19.4 Å². The normalized spacial score (nSPS) is 13.5. The Morgan fingerprint density at radius 2 is 2.12 bits per heavy atom. The van der Waals surface area contributed by atoms with Crippen molar-refractivity contribution >= 4 is 11.6 Å². The van der Waals surface area contributed by atoms with E-state index in [1.165, 1.54) is 0 Å². The van der Waals surface area contributed by atoms with Crippen molar-refractivity contribution in [3.05, 3.63) is 10.6 Å². The molecule has 0 atom stereocenters. The zero-order valence-electron chi connectivity index (χ0n) is 5.07. The largest absolute Gasteiger partial charge is 0.300 e. The van der Waals surface area contributed by atoms with Gasteiger partial charge in [0, 0.05) is 5.03 Å². The fourth-order valence-corrected chi connectivity index (χ4v) is 0.279. The van der Waals surface area contributed by atoms with E-state index in [0.717, 1.165) is 10.6 Å². The fraction of sp³-hybridized carbons (Fsp3) is 0.600. The lowest BCUT2D eigenvalue weighted by Gasteiger charge is -1.96. The summed E-state index contributed by atoms with van der Waals surface area (Å²) in [6.07, 6.45) is 0. The van der Waals surface area contributed by atoms with Crippen LogP contribution in [0.2, 0.25) is 0 Å². The van der Waals surface area contributed by atoms with Gasteiger partial charge in [-0.15, -0.1) is 0 Å². The van der Waals surface area contributed by atoms with Crippen molar-refractivity contribution in [2.75, 3.05) is 6.61 Å². The molecular weight excluding hydrogens is 126 g/mol. The van der Waals surface area contributed by atoms with Crippen LogP contribution in [0.5, 0.6) is 0 Å². The molecule has 0 saturated heterocycles. The average Bonchev–Trinajstić information content (AvgIpc) is 1.67. The van der Waals surface area contributed by atoms with Gasteiger partial charge in [0.25, 0.3) is 0 Å². The van der Waals surface area contributed by atoms with Crippen LogP contribution in [0.15, 0.2) is 10.6 Å². The second-order valence-electron chi connectivity index (χ2n) is 1.62. The lowest BCUT2D eigenvalue weighted by atomic mass is 10.3. The molecule has 0 aliphatic rings. The van der Waals surface area contributed by atoms with E-state index in [-0.39, 0.29) is 0 Å². The van der Waals surface area contributed by atoms with Crippen LogP contribution in [0.3, 0.4) is 0 Å². The van der Waals surface area contributed by atoms with Gasteiger partial charge in [-0.1, -0.05) is 11.6 Å². The predicted molar refractivity (Wildman–Crippen MR) is 34.4 cm³/mol. The van der Waals surface area contributed by atoms with Crippen LogP contribution in [0.4, 0.5) is 0 Å². The summed E-state index contributed by atoms with van der Waals surface area (Å²) in [6, 6.07) is 0. The van der Waals surface area contributed by atoms with Crippen molar-refractivity contribution < 1.29 is 4.84 Å². The Balaban J connectivity index is 3.62. The molecule has 0 fully saturated rings. The molecule has 0 saturated carbocycles. The molecule has 0 unspecified atom stereocenters. The highest BCUT2D eigenvalue weighted by Crippen LogP contribution is 2.06. The van der Waals surface area contributed by atoms with Gasteiger partial charge in [-0.25, -0.2) is 5.90 Å². The smallest absolute Gasteiger partial charge is 0.0901 e. The summed E-state index contributed by atoms with van der Waals surface area (Å²) in [5, 5.41) is 0.746. The fourth-order valence-electron chi connectivity index (χ4n) is 0.224. The quantitative estimate of drug-likeness (QED) is 0.581. The Morgan fingerprint density at radius 1 is 1.62 bits per heavy atom. The van der Waals surface area contributed by atoms with E-state index >= 15 is 0 Å². The molecule has 48 valence electrons. The third-order valence-corrected chi connectivity index (χ3v) is 1.21. The number of rotatable bonds is 2. The van der Waals surface area contributed by atoms with E-state index in [1.54, 1.807) is 6.92 Å². The van der Waals surface area contributed by atoms with Crippen molar-refractivity contribution in [2.45, 2.75) is 13.8 Å². The summed E-state index contributed by atoms with van der Waals surface area (Å²) >= 11 is 5.55. The molecule has 0 radical (unpaired) electrons. The molecule has 0 aliphatic heterocycles. The van der Waals surface area contributed by atoms with Gasteiger partial charge >= 0.3 is 0 Å². The number of hydrogen-bond donors (Lipinski definition) is 1. The van der Waals surface area contributed by atoms with Crippen LogP contribution >= 0.6 is 11.6 Å². The molecule has 3 heteroatoms. The molecule has 0 amide bonds. The van der Waals surface area contributed by atoms with Crippen LogP contribution in [0.1, 0.15) is 13.8 Å². The first kappa shape index (κ1) is 7.95. The van der Waals surface area contributed by atoms with Crippen LogP contribution in [0.25, 0.3) is 0 Å². The van der Waals surface area contributed by atoms with Gasteiger partial charge in [-0.3, -0.25) is 0 Å². The second-order valence-corrected chi connectivity index (χ2v) is 2.19. The first-order valence-corrected chi connectivity index (χ1v) is 2.69. The zero-order valence-corrected chi connectivity index (χ0v) is 5.83. The van der Waals surface area contributed by atoms with Gasteiger partial charge in [-0.2, -0.15) is 0 Å². The molecule has 0 bridgehead atoms. The minimum atomic E-state index is 0.412. The SMILES string of the molecule is C/C(Cl)=C(\C)CON. The Labute approximate surface area is 54.2 Å². The third-order valence-electron chi connectivity index (χ3n) is 0.888. The van der Waals surface area contributed by atoms with E-state index in [4.69, 9.17) is 17.5 Å². The zero-order chi connectivity index (χ0) is 6.57. The minimum absolute atomic E-state index is 0.412. The molecule has 2 N–H and O–H groups in total. The lowest BCUT2D eigenvalue weighted by molar-refractivity contribution is 0.161. The summed E-state index contributed by atoms with van der Waals surface area (Å²) in [5.41, 5.74) is 0.967. The first-order chi connectivity index (χ1) is 3.68. The molecule has 8 heavy (non-hydrogen) atoms. The van der Waals surface area contributed by atoms with Crippen molar-refractivity contribution in [1.29, 1.82) is 0 Å². The van der Waals surface area contributed by atoms with Crippen LogP contribution in [0, 0.1) is 0 Å². The lowest BCUT2D eigenvalue weighted by Crippen LogP contribution is -2.01. The molecule has 0 heterocycles. The number of hydrogen-bond acceptors (Lipinski definition) is 2. The molecule has 0 rings (SSSR count). The maximum Gasteiger partial charge on any atom is 0.0901 e. The number of nitrogens with two attached hydrogens (primary N) is 1. The number of halogens is 1. The molecule has 0 aromatic carbocycles. The maximum atomic E-state index is 5.55. The Morgan fingerprint density at radius 3 is 2.25 bits per heavy atom. The summed E-state index contributed by atoms with van der Waals surface area (Å²) < 4.78 is 0. The van der Waals surface area contributed by atoms with Crippen molar-refractivity contribution in [2.24, 2.45) is 5.90 Å². The van der Waals surface area contributed by atoms with Gasteiger partial charge in [0.2, 0.25) is 0 Å². The van der Waals surface area contributed by atoms with Crippen molar-refractivity contribution in [1.82, 2.24) is 0 Å². The van der Waals surface area contributed by atoms with E-state index < -0.39 is 0 Å². The van der Waals surface area contributed by atoms with Crippen LogP contribution < -0.4 is 5.90 Å². The highest BCUT2D eigenvalue weighted by atomic mass is 35.5. The molecular formula is C5H10ClNO. The molecule has 0 aromatic heterocycles. The minimum Gasteiger partial charge on any atom is -0.300 e. The standard InChI is InChI=1S/C5H10ClNO/c1-4(3-8-7)5(2)6/h3,7H2,1-2H3/b5-4-. The second kappa shape index (κ2) is 3.89. The highest BCUT2D eigenvalue weighted by molar-refractivity contribution is 6.29. The topological polar surface area (TPSA) is 35.2 Å². The summed E-state index contributed by atoms with van der Waals surface area (Å²) in [6.45, 7) is 4.08. The monoisotopic (exact) mass is 135 g/mol. The molecule has 2 nitrogen and oxygen atoms in total. The Bertz CT molecular complexity index is 96.6. The van der Waals surface area contributed by atoms with Crippen LogP contribution in [-0.4, -0.2) is 6.61 Å². The van der Waals surface area contributed by atoms with Crippen molar-refractivity contribution in [3.8, 4) is 0 Å². The Kier molecular flexibility index (Phi) is 3.87. The van der Waals surface area contributed by atoms with E-state index in [9.17, 15) is 0 Å². The van der Waals surface area contributed by atoms with Gasteiger partial charge in [0.05, 0.1) is 6.61 Å². The molecule has 0 aromatic rings. The van der Waals surface area contributed by atoms with E-state index in [1.807, 2.05) is 6.92 Å². The van der Waals surface area contributed by atoms with E-state index in [0.29, 0.717) is 6.61 Å². The average molecular weight is 136 g/mol. The summed E-state index contributed by atoms with van der Waals surface area (Å²) in [4.78, 5) is 4.32. The summed E-state index contributed by atoms with van der Waals surface area (Å²) in [5.74, 6) is 4.77. The van der Waals surface area contributed by atoms with E-state index in [2.05, 4.69) is 4.84 Å². The predicted octanol–water partition coefficient (Wildman–Crippen LogP) is 1.41. The van der Waals surface area contributed by atoms with Gasteiger partial charge in [0.1, 0.15) is 0 Å². The molecule has 0 spiro atoms. The van der Waals surface area contributed by atoms with Crippen LogP contribution in [-0.2, 0) is 4.84 Å². The maximum absolute atomic E-state index is 5.55. The summed E-state index contributed by atoms with van der Waals surface area (Å²) in [7, 11) is 0. The third kappa shape index (κ3) is 3.02. The highest BCUT2D eigenvalue weighted by Gasteiger charge is 1.90.